The van der Waals surface area contributed by atoms with Gasteiger partial charge in [-0.2, -0.15) is 0 Å². The van der Waals surface area contributed by atoms with E-state index in [2.05, 4.69) is 10.6 Å². The first-order valence-electron chi connectivity index (χ1n) is 5.97. The highest BCUT2D eigenvalue weighted by atomic mass is 32.1. The van der Waals surface area contributed by atoms with Crippen LogP contribution in [0.3, 0.4) is 0 Å². The van der Waals surface area contributed by atoms with Gasteiger partial charge < -0.3 is 30.7 Å². The molecule has 0 amide bonds. The maximum Gasteiger partial charge on any atom is 0.177 e. The molecular weight excluding hydrogens is 270 g/mol. The van der Waals surface area contributed by atoms with Crippen molar-refractivity contribution < 1.29 is 20.1 Å². The van der Waals surface area contributed by atoms with Crippen LogP contribution in [-0.2, 0) is 4.74 Å². The first-order valence-corrected chi connectivity index (χ1v) is 6.38. The highest BCUT2D eigenvalue weighted by Gasteiger charge is 2.46. The number of fused-ring (bicyclic) bond motifs is 1. The summed E-state index contributed by atoms with van der Waals surface area (Å²) in [5, 5.41) is 35.4. The zero-order valence-corrected chi connectivity index (χ0v) is 10.7. The van der Waals surface area contributed by atoms with Crippen molar-refractivity contribution in [1.82, 2.24) is 15.5 Å². The second-order valence-electron chi connectivity index (χ2n) is 4.65. The molecule has 1 fully saturated rings. The van der Waals surface area contributed by atoms with E-state index in [1.165, 1.54) is 0 Å². The highest BCUT2D eigenvalue weighted by molar-refractivity contribution is 7.80. The molecule has 0 spiro atoms. The molecule has 3 heterocycles. The molecule has 8 heteroatoms. The monoisotopic (exact) mass is 285 g/mol. The minimum absolute atomic E-state index is 0.0686. The van der Waals surface area contributed by atoms with Crippen molar-refractivity contribution in [2.24, 2.45) is 0 Å². The van der Waals surface area contributed by atoms with E-state index in [4.69, 9.17) is 22.1 Å². The average molecular weight is 285 g/mol. The third-order valence-electron chi connectivity index (χ3n) is 3.45. The first kappa shape index (κ1) is 12.8. The van der Waals surface area contributed by atoms with E-state index >= 15 is 0 Å². The maximum atomic E-state index is 9.99. The summed E-state index contributed by atoms with van der Waals surface area (Å²) >= 11 is 5.22. The number of ether oxygens (including phenoxy) is 1. The van der Waals surface area contributed by atoms with Crippen LogP contribution in [-0.4, -0.2) is 62.6 Å². The fraction of sp³-hybridized carbons (Fsp3) is 0.545. The molecule has 0 aromatic heterocycles. The Morgan fingerprint density at radius 2 is 2.16 bits per heavy atom. The topological polar surface area (TPSA) is 97.2 Å². The van der Waals surface area contributed by atoms with Gasteiger partial charge in [-0.1, -0.05) is 0 Å². The van der Waals surface area contributed by atoms with Gasteiger partial charge in [0.2, 0.25) is 0 Å². The van der Waals surface area contributed by atoms with Crippen molar-refractivity contribution in [2.75, 3.05) is 6.61 Å². The zero-order valence-electron chi connectivity index (χ0n) is 9.93. The Morgan fingerprint density at radius 3 is 2.84 bits per heavy atom. The minimum atomic E-state index is -1.14. The quantitative estimate of drug-likeness (QED) is 0.370. The summed E-state index contributed by atoms with van der Waals surface area (Å²) < 4.78 is 5.45. The summed E-state index contributed by atoms with van der Waals surface area (Å²) in [6.45, 7) is -0.358. The van der Waals surface area contributed by atoms with Gasteiger partial charge in [-0.3, -0.25) is 4.90 Å². The molecule has 104 valence electrons. The Morgan fingerprint density at radius 1 is 1.37 bits per heavy atom. The molecule has 7 nitrogen and oxygen atoms in total. The second kappa shape index (κ2) is 4.73. The van der Waals surface area contributed by atoms with Crippen molar-refractivity contribution in [3.05, 3.63) is 24.0 Å². The van der Waals surface area contributed by atoms with Crippen molar-refractivity contribution >= 4 is 17.3 Å². The van der Waals surface area contributed by atoms with Gasteiger partial charge in [0.1, 0.15) is 24.5 Å². The van der Waals surface area contributed by atoms with E-state index in [-0.39, 0.29) is 12.8 Å². The van der Waals surface area contributed by atoms with Crippen molar-refractivity contribution in [3.8, 4) is 0 Å². The summed E-state index contributed by atoms with van der Waals surface area (Å²) in [5.41, 5.74) is 0.950. The van der Waals surface area contributed by atoms with Crippen LogP contribution in [0.25, 0.3) is 0 Å². The molecule has 0 aromatic rings. The maximum absolute atomic E-state index is 9.99. The fourth-order valence-corrected chi connectivity index (χ4v) is 2.67. The number of aliphatic hydroxyl groups excluding tert-OH is 3. The predicted octanol–water partition coefficient (Wildman–Crippen LogP) is -2.06. The van der Waals surface area contributed by atoms with Crippen LogP contribution in [0.2, 0.25) is 0 Å². The summed E-state index contributed by atoms with van der Waals surface area (Å²) in [4.78, 5) is 1.56. The zero-order chi connectivity index (χ0) is 13.6. The molecule has 0 bridgehead atoms. The molecular formula is C11H15N3O4S. The van der Waals surface area contributed by atoms with Crippen molar-refractivity contribution in [2.45, 2.75) is 30.7 Å². The molecule has 19 heavy (non-hydrogen) atoms. The highest BCUT2D eigenvalue weighted by Crippen LogP contribution is 2.27. The van der Waals surface area contributed by atoms with E-state index in [1.54, 1.807) is 17.3 Å². The molecule has 0 radical (unpaired) electrons. The van der Waals surface area contributed by atoms with E-state index in [0.29, 0.717) is 5.11 Å². The Hall–Kier alpha value is -1.19. The Kier molecular flexibility index (Phi) is 3.19. The summed E-state index contributed by atoms with van der Waals surface area (Å²) in [6.07, 6.45) is 1.49. The van der Waals surface area contributed by atoms with Gasteiger partial charge >= 0.3 is 0 Å². The lowest BCUT2D eigenvalue weighted by Crippen LogP contribution is -2.56. The van der Waals surface area contributed by atoms with Crippen LogP contribution in [0.15, 0.2) is 24.0 Å². The van der Waals surface area contributed by atoms with E-state index < -0.39 is 24.5 Å². The number of nitrogens with one attached hydrogen (secondary N) is 2. The van der Waals surface area contributed by atoms with Crippen LogP contribution in [0, 0.1) is 0 Å². The lowest BCUT2D eigenvalue weighted by Gasteiger charge is -2.35. The molecule has 0 aliphatic carbocycles. The van der Waals surface area contributed by atoms with Gasteiger partial charge in [0.25, 0.3) is 0 Å². The summed E-state index contributed by atoms with van der Waals surface area (Å²) in [6, 6.07) is 0. The number of rotatable bonds is 2. The molecule has 5 atom stereocenters. The van der Waals surface area contributed by atoms with Gasteiger partial charge in [-0.25, -0.2) is 0 Å². The average Bonchev–Trinajstić information content (AvgIpc) is 2.95. The summed E-state index contributed by atoms with van der Waals surface area (Å²) in [7, 11) is 0. The third-order valence-corrected chi connectivity index (χ3v) is 3.78. The smallest absolute Gasteiger partial charge is 0.177 e. The van der Waals surface area contributed by atoms with Crippen LogP contribution < -0.4 is 10.6 Å². The lowest BCUT2D eigenvalue weighted by atomic mass is 10.1. The molecule has 1 saturated heterocycles. The summed E-state index contributed by atoms with van der Waals surface area (Å²) in [5.74, 6) is 0. The van der Waals surface area contributed by atoms with E-state index in [0.717, 1.165) is 5.57 Å². The minimum Gasteiger partial charge on any atom is -0.394 e. The van der Waals surface area contributed by atoms with Gasteiger partial charge in [-0.05, 0) is 24.5 Å². The number of hydrogen-bond acceptors (Lipinski definition) is 6. The Labute approximate surface area is 115 Å². The standard InChI is InChI=1S/C11H15N3O4S/c15-4-6-7(16)8(17)10(18-6)14-3-5-1-2-12-9(5)13-11(14)19/h1-3,6-10,12,15-17H,4H2,(H,13,19). The Bertz CT molecular complexity index is 455. The molecule has 5 N–H and O–H groups in total. The fourth-order valence-electron chi connectivity index (χ4n) is 2.39. The number of hydrogen-bond donors (Lipinski definition) is 5. The van der Waals surface area contributed by atoms with Crippen LogP contribution in [0.1, 0.15) is 0 Å². The lowest BCUT2D eigenvalue weighted by molar-refractivity contribution is -0.0596. The normalized spacial score (nSPS) is 40.8. The molecule has 3 aliphatic rings. The molecule has 0 saturated carbocycles. The van der Waals surface area contributed by atoms with Crippen molar-refractivity contribution in [1.29, 1.82) is 0 Å². The van der Waals surface area contributed by atoms with Gasteiger partial charge in [0.05, 0.1) is 6.61 Å². The third kappa shape index (κ3) is 2.01. The number of aliphatic hydroxyl groups is 3. The van der Waals surface area contributed by atoms with E-state index in [9.17, 15) is 10.2 Å². The van der Waals surface area contributed by atoms with Crippen LogP contribution in [0.5, 0.6) is 0 Å². The second-order valence-corrected chi connectivity index (χ2v) is 5.03. The molecule has 5 unspecified atom stereocenters. The largest absolute Gasteiger partial charge is 0.394 e. The molecule has 3 aliphatic heterocycles. The number of thiocarbonyl (C=S) groups is 1. The molecule has 3 rings (SSSR count). The Balaban J connectivity index is 1.84. The molecule has 0 aromatic carbocycles. The van der Waals surface area contributed by atoms with Gasteiger partial charge in [-0.15, -0.1) is 0 Å². The van der Waals surface area contributed by atoms with Crippen LogP contribution >= 0.6 is 12.2 Å². The van der Waals surface area contributed by atoms with Gasteiger partial charge in [0.15, 0.2) is 11.3 Å². The van der Waals surface area contributed by atoms with Crippen molar-refractivity contribution in [3.63, 3.8) is 0 Å². The van der Waals surface area contributed by atoms with Gasteiger partial charge in [0, 0.05) is 11.8 Å². The predicted molar refractivity (Wildman–Crippen MR) is 69.5 cm³/mol. The van der Waals surface area contributed by atoms with E-state index in [1.807, 2.05) is 6.08 Å². The SMILES string of the molecule is OCC1OC(N2C=C3C=CNC3NC2=S)C(O)C1O. The first-order chi connectivity index (χ1) is 9.11. The van der Waals surface area contributed by atoms with Crippen LogP contribution in [0.4, 0.5) is 0 Å². The number of nitrogens with zero attached hydrogens (tertiary/aromatic N) is 1.